The lowest BCUT2D eigenvalue weighted by molar-refractivity contribution is 0.0689. The molecule has 13 heavy (non-hydrogen) atoms. The van der Waals surface area contributed by atoms with Gasteiger partial charge in [-0.25, -0.2) is 4.79 Å². The number of carbonyl (C=O) groups is 1. The summed E-state index contributed by atoms with van der Waals surface area (Å²) in [5.74, 6) is -1.23. The molecule has 0 fully saturated rings. The van der Waals surface area contributed by atoms with E-state index in [0.29, 0.717) is 5.39 Å². The lowest BCUT2D eigenvalue weighted by atomic mass is 10.2. The van der Waals surface area contributed by atoms with E-state index in [9.17, 15) is 9.28 Å². The van der Waals surface area contributed by atoms with Crippen LogP contribution in [0.2, 0.25) is 0 Å². The van der Waals surface area contributed by atoms with Gasteiger partial charge < -0.3 is 5.11 Å². The summed E-state index contributed by atoms with van der Waals surface area (Å²) in [5, 5.41) is 12.2. The van der Waals surface area contributed by atoms with Crippen LogP contribution >= 0.6 is 0 Å². The highest BCUT2D eigenvalue weighted by atomic mass is 19.2. The van der Waals surface area contributed by atoms with Crippen molar-refractivity contribution in [1.82, 2.24) is 10.0 Å². The van der Waals surface area contributed by atoms with Gasteiger partial charge in [0, 0.05) is 5.39 Å². The summed E-state index contributed by atoms with van der Waals surface area (Å²) in [4.78, 5) is 10.7. The molecule has 1 heterocycles. The predicted octanol–water partition coefficient (Wildman–Crippen LogP) is 1.47. The number of carboxylic acids is 1. The summed E-state index contributed by atoms with van der Waals surface area (Å²) in [5.41, 5.74) is -0.0991. The van der Waals surface area contributed by atoms with Gasteiger partial charge in [-0.1, -0.05) is 27.6 Å². The van der Waals surface area contributed by atoms with Crippen molar-refractivity contribution in [2.24, 2.45) is 0 Å². The van der Waals surface area contributed by atoms with E-state index in [1.54, 1.807) is 12.1 Å². The number of hydrogen-bond donors (Lipinski definition) is 1. The number of halogens is 1. The average Bonchev–Trinajstić information content (AvgIpc) is 2.45. The Labute approximate surface area is 72.1 Å². The van der Waals surface area contributed by atoms with E-state index in [1.807, 2.05) is 0 Å². The fourth-order valence-corrected chi connectivity index (χ4v) is 1.19. The van der Waals surface area contributed by atoms with Crippen LogP contribution in [-0.4, -0.2) is 21.1 Å². The van der Waals surface area contributed by atoms with E-state index in [-0.39, 0.29) is 16.1 Å². The number of fused-ring (bicyclic) bond motifs is 1. The van der Waals surface area contributed by atoms with Crippen molar-refractivity contribution >= 4 is 16.9 Å². The summed E-state index contributed by atoms with van der Waals surface area (Å²) in [7, 11) is 0. The number of para-hydroxylation sites is 1. The van der Waals surface area contributed by atoms with Crippen LogP contribution in [-0.2, 0) is 0 Å². The standard InChI is InChI=1S/C8H5FN2O2/c9-11-6-4-2-1-3-5(6)7(10-11)8(12)13/h1-4H,(H,12,13). The number of aromatic nitrogens is 2. The smallest absolute Gasteiger partial charge is 0.357 e. The zero-order valence-electron chi connectivity index (χ0n) is 6.44. The molecule has 1 aromatic carbocycles. The van der Waals surface area contributed by atoms with Crippen LogP contribution in [0, 0.1) is 0 Å². The first-order valence-electron chi connectivity index (χ1n) is 3.57. The Morgan fingerprint density at radius 1 is 1.46 bits per heavy atom. The van der Waals surface area contributed by atoms with Gasteiger partial charge in [0.15, 0.2) is 5.69 Å². The third-order valence-corrected chi connectivity index (χ3v) is 1.75. The maximum absolute atomic E-state index is 12.9. The second kappa shape index (κ2) is 2.55. The van der Waals surface area contributed by atoms with Crippen LogP contribution in [0.3, 0.4) is 0 Å². The Hall–Kier alpha value is -1.91. The average molecular weight is 180 g/mol. The Kier molecular flexibility index (Phi) is 1.51. The molecule has 1 aromatic heterocycles. The number of rotatable bonds is 1. The topological polar surface area (TPSA) is 55.1 Å². The third-order valence-electron chi connectivity index (χ3n) is 1.75. The van der Waals surface area contributed by atoms with E-state index >= 15 is 0 Å². The molecule has 2 aromatic rings. The molecule has 0 atom stereocenters. The first kappa shape index (κ1) is 7.72. The van der Waals surface area contributed by atoms with E-state index in [2.05, 4.69) is 5.10 Å². The van der Waals surface area contributed by atoms with Crippen LogP contribution in [0.25, 0.3) is 10.9 Å². The van der Waals surface area contributed by atoms with Crippen molar-refractivity contribution in [3.63, 3.8) is 0 Å². The van der Waals surface area contributed by atoms with E-state index < -0.39 is 5.97 Å². The minimum absolute atomic E-state index is 0.0682. The minimum Gasteiger partial charge on any atom is -0.476 e. The molecule has 5 heteroatoms. The first-order valence-corrected chi connectivity index (χ1v) is 3.57. The van der Waals surface area contributed by atoms with E-state index in [4.69, 9.17) is 5.11 Å². The Bertz CT molecular complexity index is 478. The van der Waals surface area contributed by atoms with Crippen molar-refractivity contribution in [2.75, 3.05) is 0 Å². The highest BCUT2D eigenvalue weighted by Crippen LogP contribution is 2.17. The molecule has 0 amide bonds. The molecule has 0 aliphatic carbocycles. The second-order valence-electron chi connectivity index (χ2n) is 2.53. The zero-order valence-corrected chi connectivity index (χ0v) is 6.44. The van der Waals surface area contributed by atoms with E-state index in [0.717, 1.165) is 0 Å². The Balaban J connectivity index is 2.85. The lowest BCUT2D eigenvalue weighted by Gasteiger charge is -1.87. The molecule has 1 N–H and O–H groups in total. The highest BCUT2D eigenvalue weighted by Gasteiger charge is 2.15. The summed E-state index contributed by atoms with van der Waals surface area (Å²) >= 11 is 0. The van der Waals surface area contributed by atoms with Crippen LogP contribution in [0.4, 0.5) is 4.48 Å². The summed E-state index contributed by atoms with van der Waals surface area (Å²) < 4.78 is 12.9. The molecule has 2 rings (SSSR count). The van der Waals surface area contributed by atoms with Crippen molar-refractivity contribution < 1.29 is 14.4 Å². The second-order valence-corrected chi connectivity index (χ2v) is 2.53. The number of aromatic carboxylic acids is 1. The monoisotopic (exact) mass is 180 g/mol. The molecule has 0 aliphatic heterocycles. The molecule has 0 aliphatic rings. The van der Waals surface area contributed by atoms with Crippen molar-refractivity contribution in [3.05, 3.63) is 30.0 Å². The third kappa shape index (κ3) is 1.05. The van der Waals surface area contributed by atoms with Gasteiger partial charge in [-0.2, -0.15) is 0 Å². The largest absolute Gasteiger partial charge is 0.476 e. The van der Waals surface area contributed by atoms with Crippen LogP contribution in [0.5, 0.6) is 0 Å². The van der Waals surface area contributed by atoms with E-state index in [1.165, 1.54) is 12.1 Å². The van der Waals surface area contributed by atoms with Gasteiger partial charge in [0.05, 0.1) is 0 Å². The normalized spacial score (nSPS) is 10.5. The summed E-state index contributed by atoms with van der Waals surface area (Å²) in [6, 6.07) is 6.23. The molecule has 0 saturated heterocycles. The van der Waals surface area contributed by atoms with Crippen LogP contribution < -0.4 is 0 Å². The van der Waals surface area contributed by atoms with Crippen molar-refractivity contribution in [3.8, 4) is 0 Å². The van der Waals surface area contributed by atoms with Crippen molar-refractivity contribution in [2.45, 2.75) is 0 Å². The molecule has 4 nitrogen and oxygen atoms in total. The lowest BCUT2D eigenvalue weighted by Crippen LogP contribution is -1.97. The Morgan fingerprint density at radius 3 is 2.85 bits per heavy atom. The maximum Gasteiger partial charge on any atom is 0.357 e. The van der Waals surface area contributed by atoms with Crippen LogP contribution in [0.15, 0.2) is 24.3 Å². The van der Waals surface area contributed by atoms with Gasteiger partial charge in [0.2, 0.25) is 0 Å². The predicted molar refractivity (Wildman–Crippen MR) is 43.2 cm³/mol. The van der Waals surface area contributed by atoms with Crippen LogP contribution in [0.1, 0.15) is 10.5 Å². The molecule has 0 radical (unpaired) electrons. The minimum atomic E-state index is -1.23. The number of nitrogens with zero attached hydrogens (tertiary/aromatic N) is 2. The van der Waals surface area contributed by atoms with Gasteiger partial charge >= 0.3 is 5.97 Å². The molecule has 0 saturated carbocycles. The summed E-state index contributed by atoms with van der Waals surface area (Å²) in [6.45, 7) is 0. The van der Waals surface area contributed by atoms with Crippen molar-refractivity contribution in [1.29, 1.82) is 0 Å². The number of benzene rings is 1. The SMILES string of the molecule is O=C(O)c1nn(F)c2ccccc12. The number of carboxylic acid groups (broad SMARTS) is 1. The summed E-state index contributed by atoms with van der Waals surface area (Å²) in [6.07, 6.45) is 0. The molecule has 0 spiro atoms. The quantitative estimate of drug-likeness (QED) is 0.722. The fourth-order valence-electron chi connectivity index (χ4n) is 1.19. The van der Waals surface area contributed by atoms with Gasteiger partial charge in [-0.15, -0.1) is 5.10 Å². The fraction of sp³-hybridized carbons (Fsp3) is 0. The van der Waals surface area contributed by atoms with Gasteiger partial charge in [-0.05, 0) is 6.07 Å². The van der Waals surface area contributed by atoms with Gasteiger partial charge in [0.1, 0.15) is 5.52 Å². The molecule has 0 bridgehead atoms. The molecular weight excluding hydrogens is 175 g/mol. The molecule has 66 valence electrons. The molecule has 0 unspecified atom stereocenters. The number of hydrogen-bond acceptors (Lipinski definition) is 2. The van der Waals surface area contributed by atoms with Gasteiger partial charge in [-0.3, -0.25) is 0 Å². The van der Waals surface area contributed by atoms with Gasteiger partial charge in [0.25, 0.3) is 0 Å². The highest BCUT2D eigenvalue weighted by molar-refractivity contribution is 6.00. The maximum atomic E-state index is 12.9. The zero-order chi connectivity index (χ0) is 9.42. The Morgan fingerprint density at radius 2 is 2.15 bits per heavy atom. The molecular formula is C8H5FN2O2. The first-order chi connectivity index (χ1) is 6.20.